The van der Waals surface area contributed by atoms with Crippen molar-refractivity contribution >= 4 is 11.9 Å². The maximum atomic E-state index is 12.0. The highest BCUT2D eigenvalue weighted by Gasteiger charge is 2.26. The van der Waals surface area contributed by atoms with Gasteiger partial charge in [-0.2, -0.15) is 0 Å². The second-order valence-electron chi connectivity index (χ2n) is 7.77. The van der Waals surface area contributed by atoms with E-state index in [1.807, 2.05) is 26.0 Å². The molecule has 0 unspecified atom stereocenters. The van der Waals surface area contributed by atoms with Crippen LogP contribution in [0.25, 0.3) is 0 Å². The lowest BCUT2D eigenvalue weighted by atomic mass is 9.89. The predicted molar refractivity (Wildman–Crippen MR) is 105 cm³/mol. The predicted octanol–water partition coefficient (Wildman–Crippen LogP) is 2.71. The van der Waals surface area contributed by atoms with Crippen LogP contribution in [0.3, 0.4) is 0 Å². The number of guanidine groups is 1. The molecule has 0 spiro atoms. The molecule has 1 aromatic rings. The smallest absolute Gasteiger partial charge is 0.227 e. The molecule has 1 fully saturated rings. The van der Waals surface area contributed by atoms with Crippen LogP contribution in [0.4, 0.5) is 0 Å². The maximum absolute atomic E-state index is 12.0. The Labute approximate surface area is 157 Å². The van der Waals surface area contributed by atoms with Crippen molar-refractivity contribution in [3.63, 3.8) is 0 Å². The molecule has 1 aromatic heterocycles. The Bertz CT molecular complexity index is 560. The van der Waals surface area contributed by atoms with Crippen molar-refractivity contribution in [2.75, 3.05) is 26.7 Å². The van der Waals surface area contributed by atoms with E-state index in [2.05, 4.69) is 20.9 Å². The lowest BCUT2D eigenvalue weighted by Crippen LogP contribution is -2.43. The van der Waals surface area contributed by atoms with E-state index < -0.39 is 5.41 Å². The van der Waals surface area contributed by atoms with Gasteiger partial charge in [0, 0.05) is 26.6 Å². The highest BCUT2D eigenvalue weighted by Crippen LogP contribution is 2.22. The summed E-state index contributed by atoms with van der Waals surface area (Å²) in [6.07, 6.45) is 9.09. The topological polar surface area (TPSA) is 78.7 Å². The van der Waals surface area contributed by atoms with Crippen molar-refractivity contribution in [1.29, 1.82) is 0 Å². The van der Waals surface area contributed by atoms with Gasteiger partial charge < -0.3 is 20.4 Å². The molecule has 0 atom stereocenters. The molecule has 6 heteroatoms. The fraction of sp³-hybridized carbons (Fsp3) is 0.700. The van der Waals surface area contributed by atoms with Crippen LogP contribution in [0, 0.1) is 11.3 Å². The average molecular weight is 363 g/mol. The van der Waals surface area contributed by atoms with Gasteiger partial charge in [0.1, 0.15) is 5.76 Å². The molecule has 0 aromatic carbocycles. The minimum Gasteiger partial charge on any atom is -0.469 e. The minimum atomic E-state index is -0.533. The van der Waals surface area contributed by atoms with Crippen LogP contribution in [-0.2, 0) is 11.2 Å². The normalized spacial score (nSPS) is 16.3. The molecule has 1 saturated carbocycles. The summed E-state index contributed by atoms with van der Waals surface area (Å²) in [5.74, 6) is 2.45. The van der Waals surface area contributed by atoms with Crippen LogP contribution < -0.4 is 16.0 Å². The van der Waals surface area contributed by atoms with Gasteiger partial charge in [0.25, 0.3) is 0 Å². The van der Waals surface area contributed by atoms with Crippen LogP contribution in [0.5, 0.6) is 0 Å². The van der Waals surface area contributed by atoms with Crippen LogP contribution in [0.2, 0.25) is 0 Å². The largest absolute Gasteiger partial charge is 0.469 e. The van der Waals surface area contributed by atoms with Gasteiger partial charge in [0.2, 0.25) is 5.91 Å². The molecule has 1 aliphatic carbocycles. The van der Waals surface area contributed by atoms with Crippen molar-refractivity contribution < 1.29 is 9.21 Å². The third-order valence-corrected chi connectivity index (χ3v) is 5.00. The Morgan fingerprint density at radius 3 is 2.69 bits per heavy atom. The van der Waals surface area contributed by atoms with Crippen molar-refractivity contribution in [3.8, 4) is 0 Å². The quantitative estimate of drug-likeness (QED) is 0.491. The minimum absolute atomic E-state index is 0.00321. The van der Waals surface area contributed by atoms with E-state index in [1.54, 1.807) is 13.3 Å². The second kappa shape index (κ2) is 10.2. The summed E-state index contributed by atoms with van der Waals surface area (Å²) in [6.45, 7) is 5.94. The number of nitrogens with zero attached hydrogens (tertiary/aromatic N) is 1. The number of amides is 1. The van der Waals surface area contributed by atoms with Crippen LogP contribution >= 0.6 is 0 Å². The molecule has 0 radical (unpaired) electrons. The summed E-state index contributed by atoms with van der Waals surface area (Å²) in [6, 6.07) is 3.88. The van der Waals surface area contributed by atoms with Gasteiger partial charge in [-0.1, -0.05) is 19.3 Å². The summed E-state index contributed by atoms with van der Waals surface area (Å²) >= 11 is 0. The molecule has 0 aliphatic heterocycles. The van der Waals surface area contributed by atoms with Gasteiger partial charge in [-0.3, -0.25) is 9.79 Å². The summed E-state index contributed by atoms with van der Waals surface area (Å²) in [5.41, 5.74) is -0.533. The van der Waals surface area contributed by atoms with E-state index in [9.17, 15) is 4.79 Å². The molecule has 1 amide bonds. The monoisotopic (exact) mass is 362 g/mol. The third kappa shape index (κ3) is 6.73. The molecular weight excluding hydrogens is 328 g/mol. The standard InChI is InChI=1S/C20H34N4O2/c1-20(2,18(25)21-3)15-24-19(22-12-11-17-10-7-13-26-17)23-14-16-8-5-4-6-9-16/h7,10,13,16H,4-6,8-9,11-12,14-15H2,1-3H3,(H,21,25)(H2,22,23,24). The van der Waals surface area contributed by atoms with Gasteiger partial charge in [-0.05, 0) is 44.7 Å². The number of hydrogen-bond acceptors (Lipinski definition) is 3. The first-order valence-corrected chi connectivity index (χ1v) is 9.78. The molecular formula is C20H34N4O2. The highest BCUT2D eigenvalue weighted by molar-refractivity contribution is 5.83. The first-order chi connectivity index (χ1) is 12.5. The van der Waals surface area contributed by atoms with Crippen molar-refractivity contribution in [2.24, 2.45) is 16.3 Å². The Kier molecular flexibility index (Phi) is 8.01. The molecule has 0 bridgehead atoms. The van der Waals surface area contributed by atoms with Crippen molar-refractivity contribution in [2.45, 2.75) is 52.4 Å². The van der Waals surface area contributed by atoms with Gasteiger partial charge >= 0.3 is 0 Å². The molecule has 3 N–H and O–H groups in total. The Balaban J connectivity index is 1.89. The van der Waals surface area contributed by atoms with E-state index >= 15 is 0 Å². The highest BCUT2D eigenvalue weighted by atomic mass is 16.3. The van der Waals surface area contributed by atoms with E-state index in [1.165, 1.54) is 32.1 Å². The number of hydrogen-bond donors (Lipinski definition) is 3. The average Bonchev–Trinajstić information content (AvgIpc) is 3.17. The summed E-state index contributed by atoms with van der Waals surface area (Å²) < 4.78 is 5.38. The van der Waals surface area contributed by atoms with Crippen molar-refractivity contribution in [3.05, 3.63) is 24.2 Å². The third-order valence-electron chi connectivity index (χ3n) is 5.00. The zero-order chi connectivity index (χ0) is 18.8. The maximum Gasteiger partial charge on any atom is 0.227 e. The fourth-order valence-corrected chi connectivity index (χ4v) is 3.25. The van der Waals surface area contributed by atoms with Crippen molar-refractivity contribution in [1.82, 2.24) is 16.0 Å². The van der Waals surface area contributed by atoms with Gasteiger partial charge in [0.15, 0.2) is 5.96 Å². The molecule has 1 heterocycles. The Hall–Kier alpha value is -1.98. The second-order valence-corrected chi connectivity index (χ2v) is 7.77. The van der Waals surface area contributed by atoms with E-state index in [4.69, 9.17) is 4.42 Å². The van der Waals surface area contributed by atoms with E-state index in [-0.39, 0.29) is 5.91 Å². The van der Waals surface area contributed by atoms with Crippen LogP contribution in [0.15, 0.2) is 27.8 Å². The van der Waals surface area contributed by atoms with Crippen LogP contribution in [0.1, 0.15) is 51.7 Å². The zero-order valence-corrected chi connectivity index (χ0v) is 16.4. The number of carbonyl (C=O) groups excluding carboxylic acids is 1. The molecule has 26 heavy (non-hydrogen) atoms. The Morgan fingerprint density at radius 2 is 2.04 bits per heavy atom. The molecule has 146 valence electrons. The lowest BCUT2D eigenvalue weighted by Gasteiger charge is -2.24. The first kappa shape index (κ1) is 20.3. The van der Waals surface area contributed by atoms with Crippen LogP contribution in [-0.4, -0.2) is 38.5 Å². The first-order valence-electron chi connectivity index (χ1n) is 9.78. The fourth-order valence-electron chi connectivity index (χ4n) is 3.25. The van der Waals surface area contributed by atoms with E-state index in [0.717, 1.165) is 31.2 Å². The summed E-state index contributed by atoms with van der Waals surface area (Å²) in [5, 5.41) is 9.56. The number of nitrogens with one attached hydrogen (secondary N) is 3. The SMILES string of the molecule is CNC(=O)C(C)(C)CN=C(NCCc1ccco1)NCC1CCCCC1. The summed E-state index contributed by atoms with van der Waals surface area (Å²) in [7, 11) is 1.66. The number of carbonyl (C=O) groups is 1. The zero-order valence-electron chi connectivity index (χ0n) is 16.4. The molecule has 2 rings (SSSR count). The molecule has 1 aliphatic rings. The van der Waals surface area contributed by atoms with Gasteiger partial charge in [-0.15, -0.1) is 0 Å². The number of furan rings is 1. The number of rotatable bonds is 8. The summed E-state index contributed by atoms with van der Waals surface area (Å²) in [4.78, 5) is 16.7. The van der Waals surface area contributed by atoms with Gasteiger partial charge in [0.05, 0.1) is 18.2 Å². The number of aliphatic imine (C=N–C) groups is 1. The lowest BCUT2D eigenvalue weighted by molar-refractivity contribution is -0.128. The molecule has 0 saturated heterocycles. The van der Waals surface area contributed by atoms with E-state index in [0.29, 0.717) is 12.5 Å². The molecule has 6 nitrogen and oxygen atoms in total. The Morgan fingerprint density at radius 1 is 1.27 bits per heavy atom. The van der Waals surface area contributed by atoms with Gasteiger partial charge in [-0.25, -0.2) is 0 Å².